The SMILES string of the molecule is O=C1CC2(CCCN(C(=O)OCc3ccccc3)C2)CCN1. The summed E-state index contributed by atoms with van der Waals surface area (Å²) in [4.78, 5) is 25.7. The van der Waals surface area contributed by atoms with E-state index in [1.807, 2.05) is 30.3 Å². The lowest BCUT2D eigenvalue weighted by atomic mass is 9.73. The maximum Gasteiger partial charge on any atom is 0.410 e. The number of nitrogens with zero attached hydrogens (tertiary/aromatic N) is 1. The Balaban J connectivity index is 1.57. The van der Waals surface area contributed by atoms with Crippen molar-refractivity contribution in [3.05, 3.63) is 35.9 Å². The van der Waals surface area contributed by atoms with E-state index in [0.717, 1.165) is 31.4 Å². The highest BCUT2D eigenvalue weighted by atomic mass is 16.6. The Morgan fingerprint density at radius 2 is 2.09 bits per heavy atom. The van der Waals surface area contributed by atoms with E-state index in [0.29, 0.717) is 26.1 Å². The second-order valence-electron chi connectivity index (χ2n) is 6.34. The van der Waals surface area contributed by atoms with E-state index >= 15 is 0 Å². The lowest BCUT2D eigenvalue weighted by Gasteiger charge is -2.44. The molecule has 1 aromatic carbocycles. The molecule has 0 saturated carbocycles. The summed E-state index contributed by atoms with van der Waals surface area (Å²) in [5.41, 5.74) is 0.937. The smallest absolute Gasteiger partial charge is 0.410 e. The molecule has 1 atom stereocenters. The minimum Gasteiger partial charge on any atom is -0.445 e. The predicted molar refractivity (Wildman–Crippen MR) is 82.1 cm³/mol. The molecule has 0 aliphatic carbocycles. The van der Waals surface area contributed by atoms with Gasteiger partial charge < -0.3 is 15.0 Å². The van der Waals surface area contributed by atoms with Gasteiger partial charge >= 0.3 is 6.09 Å². The number of piperidine rings is 2. The van der Waals surface area contributed by atoms with Crippen molar-refractivity contribution >= 4 is 12.0 Å². The molecule has 0 aromatic heterocycles. The number of carbonyl (C=O) groups excluding carboxylic acids is 2. The molecule has 2 aliphatic heterocycles. The van der Waals surface area contributed by atoms with Crippen molar-refractivity contribution in [1.29, 1.82) is 0 Å². The van der Waals surface area contributed by atoms with E-state index < -0.39 is 0 Å². The minimum atomic E-state index is -0.270. The molecule has 5 heteroatoms. The summed E-state index contributed by atoms with van der Waals surface area (Å²) in [6, 6.07) is 9.68. The van der Waals surface area contributed by atoms with Crippen LogP contribution in [0.3, 0.4) is 0 Å². The van der Waals surface area contributed by atoms with Crippen molar-refractivity contribution in [2.45, 2.75) is 32.3 Å². The molecule has 2 heterocycles. The molecule has 5 nitrogen and oxygen atoms in total. The number of amides is 2. The van der Waals surface area contributed by atoms with E-state index in [1.165, 1.54) is 0 Å². The number of likely N-dealkylation sites (tertiary alicyclic amines) is 1. The van der Waals surface area contributed by atoms with Gasteiger partial charge in [-0.05, 0) is 30.2 Å². The van der Waals surface area contributed by atoms with Crippen molar-refractivity contribution < 1.29 is 14.3 Å². The molecule has 2 aliphatic rings. The van der Waals surface area contributed by atoms with Crippen LogP contribution in [0.2, 0.25) is 0 Å². The third kappa shape index (κ3) is 3.40. The van der Waals surface area contributed by atoms with Gasteiger partial charge in [-0.25, -0.2) is 4.79 Å². The normalized spacial score (nSPS) is 24.9. The molecule has 1 aromatic rings. The molecular weight excluding hydrogens is 280 g/mol. The standard InChI is InChI=1S/C17H22N2O3/c20-15-11-17(8-9-18-15)7-4-10-19(13-17)16(21)22-12-14-5-2-1-3-6-14/h1-3,5-6H,4,7-13H2,(H,18,20). The largest absolute Gasteiger partial charge is 0.445 e. The highest BCUT2D eigenvalue weighted by molar-refractivity contribution is 5.77. The van der Waals surface area contributed by atoms with E-state index in [1.54, 1.807) is 4.90 Å². The predicted octanol–water partition coefficient (Wildman–Crippen LogP) is 2.32. The summed E-state index contributed by atoms with van der Waals surface area (Å²) in [7, 11) is 0. The molecule has 0 bridgehead atoms. The molecule has 2 fully saturated rings. The van der Waals surface area contributed by atoms with Gasteiger partial charge in [-0.2, -0.15) is 0 Å². The molecule has 1 unspecified atom stereocenters. The van der Waals surface area contributed by atoms with E-state index in [4.69, 9.17) is 4.74 Å². The Morgan fingerprint density at radius 3 is 2.86 bits per heavy atom. The van der Waals surface area contributed by atoms with Gasteiger partial charge in [0.1, 0.15) is 6.61 Å². The fourth-order valence-corrected chi connectivity index (χ4v) is 3.48. The average Bonchev–Trinajstić information content (AvgIpc) is 2.53. The average molecular weight is 302 g/mol. The second-order valence-corrected chi connectivity index (χ2v) is 6.34. The number of benzene rings is 1. The van der Waals surface area contributed by atoms with E-state index in [2.05, 4.69) is 5.32 Å². The second kappa shape index (κ2) is 6.38. The Morgan fingerprint density at radius 1 is 1.27 bits per heavy atom. The van der Waals surface area contributed by atoms with Gasteiger partial charge in [-0.1, -0.05) is 30.3 Å². The van der Waals surface area contributed by atoms with Gasteiger partial charge in [0.2, 0.25) is 5.91 Å². The monoisotopic (exact) mass is 302 g/mol. The van der Waals surface area contributed by atoms with Crippen LogP contribution in [0.1, 0.15) is 31.2 Å². The molecule has 118 valence electrons. The zero-order valence-electron chi connectivity index (χ0n) is 12.7. The summed E-state index contributed by atoms with van der Waals surface area (Å²) in [5.74, 6) is 0.103. The van der Waals surface area contributed by atoms with Crippen molar-refractivity contribution in [3.8, 4) is 0 Å². The van der Waals surface area contributed by atoms with Crippen LogP contribution in [0, 0.1) is 5.41 Å². The van der Waals surface area contributed by atoms with Gasteiger partial charge in [0.05, 0.1) is 0 Å². The fourth-order valence-electron chi connectivity index (χ4n) is 3.48. The summed E-state index contributed by atoms with van der Waals surface area (Å²) in [5, 5.41) is 2.87. The van der Waals surface area contributed by atoms with E-state index in [-0.39, 0.29) is 17.4 Å². The maximum atomic E-state index is 12.3. The lowest BCUT2D eigenvalue weighted by molar-refractivity contribution is -0.127. The highest BCUT2D eigenvalue weighted by Crippen LogP contribution is 2.38. The van der Waals surface area contributed by atoms with Crippen molar-refractivity contribution in [1.82, 2.24) is 10.2 Å². The third-order valence-corrected chi connectivity index (χ3v) is 4.64. The van der Waals surface area contributed by atoms with Crippen LogP contribution in [0.5, 0.6) is 0 Å². The lowest BCUT2D eigenvalue weighted by Crippen LogP contribution is -2.51. The number of hydrogen-bond acceptors (Lipinski definition) is 3. The summed E-state index contributed by atoms with van der Waals surface area (Å²) in [6.45, 7) is 2.36. The van der Waals surface area contributed by atoms with Crippen LogP contribution in [0.15, 0.2) is 30.3 Å². The molecule has 1 N–H and O–H groups in total. The first-order chi connectivity index (χ1) is 10.7. The zero-order chi connectivity index (χ0) is 15.4. The molecule has 22 heavy (non-hydrogen) atoms. The molecule has 3 rings (SSSR count). The van der Waals surface area contributed by atoms with Crippen LogP contribution in [-0.2, 0) is 16.1 Å². The molecule has 0 radical (unpaired) electrons. The maximum absolute atomic E-state index is 12.3. The Bertz CT molecular complexity index is 542. The molecule has 2 saturated heterocycles. The number of hydrogen-bond donors (Lipinski definition) is 1. The minimum absolute atomic E-state index is 0.0493. The van der Waals surface area contributed by atoms with Crippen LogP contribution in [-0.4, -0.2) is 36.5 Å². The first-order valence-electron chi connectivity index (χ1n) is 7.89. The van der Waals surface area contributed by atoms with Crippen molar-refractivity contribution in [2.75, 3.05) is 19.6 Å². The first kappa shape index (κ1) is 14.9. The Labute approximate surface area is 130 Å². The van der Waals surface area contributed by atoms with Gasteiger partial charge in [0, 0.05) is 26.1 Å². The van der Waals surface area contributed by atoms with Crippen molar-refractivity contribution in [2.24, 2.45) is 5.41 Å². The van der Waals surface area contributed by atoms with Crippen molar-refractivity contribution in [3.63, 3.8) is 0 Å². The summed E-state index contributed by atoms with van der Waals surface area (Å²) in [6.07, 6.45) is 3.15. The van der Waals surface area contributed by atoms with E-state index in [9.17, 15) is 9.59 Å². The fraction of sp³-hybridized carbons (Fsp3) is 0.529. The molecule has 1 spiro atoms. The van der Waals surface area contributed by atoms with Gasteiger partial charge in [-0.3, -0.25) is 4.79 Å². The Hall–Kier alpha value is -2.04. The highest BCUT2D eigenvalue weighted by Gasteiger charge is 2.41. The zero-order valence-corrected chi connectivity index (χ0v) is 12.7. The van der Waals surface area contributed by atoms with Crippen LogP contribution >= 0.6 is 0 Å². The summed E-state index contributed by atoms with van der Waals surface area (Å²) < 4.78 is 5.41. The molecule has 2 amide bonds. The quantitative estimate of drug-likeness (QED) is 0.912. The van der Waals surface area contributed by atoms with Crippen LogP contribution in [0.4, 0.5) is 4.79 Å². The number of ether oxygens (including phenoxy) is 1. The van der Waals surface area contributed by atoms with Gasteiger partial charge in [0.25, 0.3) is 0 Å². The van der Waals surface area contributed by atoms with Gasteiger partial charge in [-0.15, -0.1) is 0 Å². The number of rotatable bonds is 2. The third-order valence-electron chi connectivity index (χ3n) is 4.64. The number of carbonyl (C=O) groups is 2. The summed E-state index contributed by atoms with van der Waals surface area (Å²) >= 11 is 0. The Kier molecular flexibility index (Phi) is 4.32. The van der Waals surface area contributed by atoms with Crippen LogP contribution in [0.25, 0.3) is 0 Å². The first-order valence-corrected chi connectivity index (χ1v) is 7.89. The number of nitrogens with one attached hydrogen (secondary N) is 1. The molecular formula is C17H22N2O3. The van der Waals surface area contributed by atoms with Gasteiger partial charge in [0.15, 0.2) is 0 Å². The topological polar surface area (TPSA) is 58.6 Å². The van der Waals surface area contributed by atoms with Crippen LogP contribution < -0.4 is 5.32 Å².